The minimum atomic E-state index is -0.872. The smallest absolute Gasteiger partial charge is 0.341 e. The van der Waals surface area contributed by atoms with Gasteiger partial charge in [-0.3, -0.25) is 9.78 Å². The monoisotopic (exact) mass is 420 g/mol. The number of esters is 1. The van der Waals surface area contributed by atoms with Crippen molar-refractivity contribution in [2.45, 2.75) is 12.8 Å². The lowest BCUT2D eigenvalue weighted by atomic mass is 10.1. The maximum Gasteiger partial charge on any atom is 0.341 e. The molecule has 1 aromatic heterocycles. The number of anilines is 1. The Hall–Kier alpha value is -3.94. The second-order valence-corrected chi connectivity index (χ2v) is 7.22. The number of aldehydes is 1. The van der Waals surface area contributed by atoms with Crippen LogP contribution < -0.4 is 14.8 Å². The molecular formula is C23H20N2O6. The van der Waals surface area contributed by atoms with Gasteiger partial charge < -0.3 is 24.3 Å². The third-order valence-corrected chi connectivity index (χ3v) is 5.23. The SMILES string of the molecule is COC(=O)c1cc2c(Oc3ccc(NC(=O)C4(C=O)CC4)cc3)ccnc2cc1OC. The number of amides is 1. The van der Waals surface area contributed by atoms with Crippen molar-refractivity contribution in [2.24, 2.45) is 5.41 Å². The molecule has 0 bridgehead atoms. The first kappa shape index (κ1) is 20.3. The lowest BCUT2D eigenvalue weighted by Gasteiger charge is -2.13. The predicted molar refractivity (Wildman–Crippen MR) is 113 cm³/mol. The quantitative estimate of drug-likeness (QED) is 0.353. The van der Waals surface area contributed by atoms with E-state index in [-0.39, 0.29) is 11.5 Å². The molecule has 1 aliphatic rings. The molecule has 1 aliphatic carbocycles. The molecule has 0 unspecified atom stereocenters. The van der Waals surface area contributed by atoms with Gasteiger partial charge in [0.1, 0.15) is 34.5 Å². The fourth-order valence-corrected chi connectivity index (χ4v) is 3.20. The largest absolute Gasteiger partial charge is 0.496 e. The molecule has 1 fully saturated rings. The minimum Gasteiger partial charge on any atom is -0.496 e. The Kier molecular flexibility index (Phi) is 5.29. The maximum absolute atomic E-state index is 12.2. The summed E-state index contributed by atoms with van der Waals surface area (Å²) in [6.45, 7) is 0. The van der Waals surface area contributed by atoms with Gasteiger partial charge in [-0.05, 0) is 49.2 Å². The molecule has 0 aliphatic heterocycles. The van der Waals surface area contributed by atoms with Gasteiger partial charge in [-0.2, -0.15) is 0 Å². The van der Waals surface area contributed by atoms with Crippen molar-refractivity contribution in [3.05, 3.63) is 54.2 Å². The van der Waals surface area contributed by atoms with E-state index >= 15 is 0 Å². The standard InChI is InChI=1S/C23H20N2O6/c1-29-20-12-18-16(11-17(20)21(27)30-2)19(7-10-24-18)31-15-5-3-14(4-6-15)25-22(28)23(13-26)8-9-23/h3-7,10-13H,8-9H2,1-2H3,(H,25,28). The molecule has 8 nitrogen and oxygen atoms in total. The average Bonchev–Trinajstić information content (AvgIpc) is 3.60. The Morgan fingerprint density at radius 1 is 1.06 bits per heavy atom. The molecule has 0 atom stereocenters. The van der Waals surface area contributed by atoms with Gasteiger partial charge in [-0.1, -0.05) is 0 Å². The Morgan fingerprint density at radius 2 is 1.81 bits per heavy atom. The highest BCUT2D eigenvalue weighted by Gasteiger charge is 2.50. The fraction of sp³-hybridized carbons (Fsp3) is 0.217. The predicted octanol–water partition coefficient (Wildman–Crippen LogP) is 3.74. The molecule has 1 amide bonds. The second kappa shape index (κ2) is 8.06. The number of hydrogen-bond donors (Lipinski definition) is 1. The number of carbonyl (C=O) groups excluding carboxylic acids is 3. The van der Waals surface area contributed by atoms with E-state index in [0.717, 1.165) is 0 Å². The van der Waals surface area contributed by atoms with Crippen LogP contribution in [0.4, 0.5) is 5.69 Å². The van der Waals surface area contributed by atoms with Crippen molar-refractivity contribution in [1.29, 1.82) is 0 Å². The van der Waals surface area contributed by atoms with E-state index in [1.165, 1.54) is 14.2 Å². The number of methoxy groups -OCH3 is 2. The zero-order chi connectivity index (χ0) is 22.0. The van der Waals surface area contributed by atoms with E-state index < -0.39 is 11.4 Å². The van der Waals surface area contributed by atoms with Gasteiger partial charge in [0.05, 0.1) is 19.7 Å². The topological polar surface area (TPSA) is 104 Å². The van der Waals surface area contributed by atoms with Crippen LogP contribution in [0.2, 0.25) is 0 Å². The molecule has 4 rings (SSSR count). The van der Waals surface area contributed by atoms with E-state index in [1.807, 2.05) is 0 Å². The first-order valence-electron chi connectivity index (χ1n) is 9.60. The van der Waals surface area contributed by atoms with Crippen LogP contribution in [0.5, 0.6) is 17.2 Å². The summed E-state index contributed by atoms with van der Waals surface area (Å²) in [5.41, 5.74) is 0.554. The van der Waals surface area contributed by atoms with Crippen molar-refractivity contribution in [3.63, 3.8) is 0 Å². The molecular weight excluding hydrogens is 400 g/mol. The lowest BCUT2D eigenvalue weighted by Crippen LogP contribution is -2.25. The number of aromatic nitrogens is 1. The lowest BCUT2D eigenvalue weighted by molar-refractivity contribution is -0.126. The Balaban J connectivity index is 1.59. The molecule has 1 N–H and O–H groups in total. The van der Waals surface area contributed by atoms with Gasteiger partial charge in [0, 0.05) is 23.3 Å². The van der Waals surface area contributed by atoms with Gasteiger partial charge in [-0.25, -0.2) is 4.79 Å². The fourth-order valence-electron chi connectivity index (χ4n) is 3.20. The van der Waals surface area contributed by atoms with E-state index in [9.17, 15) is 14.4 Å². The molecule has 0 radical (unpaired) electrons. The van der Waals surface area contributed by atoms with E-state index in [1.54, 1.807) is 48.7 Å². The average molecular weight is 420 g/mol. The number of nitrogens with one attached hydrogen (secondary N) is 1. The highest BCUT2D eigenvalue weighted by Crippen LogP contribution is 2.44. The highest BCUT2D eigenvalue weighted by molar-refractivity contribution is 6.07. The maximum atomic E-state index is 12.2. The van der Waals surface area contributed by atoms with Gasteiger partial charge >= 0.3 is 5.97 Å². The van der Waals surface area contributed by atoms with Gasteiger partial charge in [0.15, 0.2) is 0 Å². The van der Waals surface area contributed by atoms with Crippen LogP contribution in [0.3, 0.4) is 0 Å². The molecule has 1 heterocycles. The summed E-state index contributed by atoms with van der Waals surface area (Å²) in [5.74, 6) is 0.552. The van der Waals surface area contributed by atoms with Gasteiger partial charge in [-0.15, -0.1) is 0 Å². The summed E-state index contributed by atoms with van der Waals surface area (Å²) in [5, 5.41) is 3.37. The molecule has 0 spiro atoms. The Morgan fingerprint density at radius 3 is 2.42 bits per heavy atom. The first-order valence-corrected chi connectivity index (χ1v) is 9.60. The van der Waals surface area contributed by atoms with Crippen molar-refractivity contribution < 1.29 is 28.6 Å². The van der Waals surface area contributed by atoms with Crippen LogP contribution in [0.25, 0.3) is 10.9 Å². The normalized spacial score (nSPS) is 13.9. The summed E-state index contributed by atoms with van der Waals surface area (Å²) in [6.07, 6.45) is 3.47. The van der Waals surface area contributed by atoms with Crippen molar-refractivity contribution in [1.82, 2.24) is 4.98 Å². The van der Waals surface area contributed by atoms with Crippen LogP contribution in [0.1, 0.15) is 23.2 Å². The van der Waals surface area contributed by atoms with Crippen molar-refractivity contribution in [2.75, 3.05) is 19.5 Å². The number of ether oxygens (including phenoxy) is 3. The zero-order valence-electron chi connectivity index (χ0n) is 17.0. The second-order valence-electron chi connectivity index (χ2n) is 7.22. The summed E-state index contributed by atoms with van der Waals surface area (Å²) in [7, 11) is 2.77. The zero-order valence-corrected chi connectivity index (χ0v) is 17.0. The molecule has 0 saturated heterocycles. The number of fused-ring (bicyclic) bond motifs is 1. The molecule has 8 heteroatoms. The summed E-state index contributed by atoms with van der Waals surface area (Å²) < 4.78 is 16.1. The molecule has 158 valence electrons. The summed E-state index contributed by atoms with van der Waals surface area (Å²) >= 11 is 0. The van der Waals surface area contributed by atoms with Crippen molar-refractivity contribution in [3.8, 4) is 17.2 Å². The van der Waals surface area contributed by atoms with E-state index in [0.29, 0.717) is 53.0 Å². The molecule has 1 saturated carbocycles. The van der Waals surface area contributed by atoms with Crippen LogP contribution >= 0.6 is 0 Å². The van der Waals surface area contributed by atoms with Crippen LogP contribution in [0, 0.1) is 5.41 Å². The first-order chi connectivity index (χ1) is 15.0. The number of pyridine rings is 1. The van der Waals surface area contributed by atoms with Crippen LogP contribution in [-0.2, 0) is 14.3 Å². The highest BCUT2D eigenvalue weighted by atomic mass is 16.5. The third-order valence-electron chi connectivity index (χ3n) is 5.23. The van der Waals surface area contributed by atoms with E-state index in [4.69, 9.17) is 14.2 Å². The molecule has 2 aromatic carbocycles. The number of hydrogen-bond acceptors (Lipinski definition) is 7. The molecule has 31 heavy (non-hydrogen) atoms. The summed E-state index contributed by atoms with van der Waals surface area (Å²) in [4.78, 5) is 39.7. The Labute approximate surface area is 178 Å². The number of carbonyl (C=O) groups is 3. The van der Waals surface area contributed by atoms with Crippen molar-refractivity contribution >= 4 is 34.8 Å². The Bertz CT molecular complexity index is 1170. The minimum absolute atomic E-state index is 0.262. The van der Waals surface area contributed by atoms with Crippen LogP contribution in [-0.4, -0.2) is 37.4 Å². The number of nitrogens with zero attached hydrogens (tertiary/aromatic N) is 1. The third kappa shape index (κ3) is 3.92. The van der Waals surface area contributed by atoms with Crippen LogP contribution in [0.15, 0.2) is 48.7 Å². The number of benzene rings is 2. The van der Waals surface area contributed by atoms with Gasteiger partial charge in [0.25, 0.3) is 0 Å². The van der Waals surface area contributed by atoms with E-state index in [2.05, 4.69) is 10.3 Å². The number of rotatable bonds is 7. The van der Waals surface area contributed by atoms with Gasteiger partial charge in [0.2, 0.25) is 5.91 Å². The summed E-state index contributed by atoms with van der Waals surface area (Å²) in [6, 6.07) is 11.7. The molecule has 3 aromatic rings.